The number of nitrogens with zero attached hydrogens (tertiary/aromatic N) is 1. The number of ether oxygens (including phenoxy) is 2. The third kappa shape index (κ3) is 3.57. The molecule has 0 saturated heterocycles. The molecular formula is C16H15N3O4. The van der Waals surface area contributed by atoms with Crippen LogP contribution < -0.4 is 20.1 Å². The molecule has 118 valence electrons. The number of amides is 2. The molecule has 0 spiro atoms. The number of rotatable bonds is 3. The number of fused-ring (bicyclic) bond motifs is 1. The van der Waals surface area contributed by atoms with Crippen LogP contribution in [0, 0.1) is 6.92 Å². The van der Waals surface area contributed by atoms with E-state index < -0.39 is 11.8 Å². The van der Waals surface area contributed by atoms with Crippen molar-refractivity contribution in [3.05, 3.63) is 47.7 Å². The fraction of sp³-hybridized carbons (Fsp3) is 0.188. The van der Waals surface area contributed by atoms with Gasteiger partial charge in [0.25, 0.3) is 0 Å². The van der Waals surface area contributed by atoms with Gasteiger partial charge in [-0.3, -0.25) is 9.59 Å². The highest BCUT2D eigenvalue weighted by Gasteiger charge is 2.16. The molecular weight excluding hydrogens is 298 g/mol. The summed E-state index contributed by atoms with van der Waals surface area (Å²) in [5, 5.41) is 5.00. The molecule has 1 aromatic heterocycles. The van der Waals surface area contributed by atoms with E-state index in [4.69, 9.17) is 9.47 Å². The Hall–Kier alpha value is -3.09. The molecule has 2 aromatic rings. The lowest BCUT2D eigenvalue weighted by molar-refractivity contribution is -0.136. The first-order valence-electron chi connectivity index (χ1n) is 7.03. The minimum absolute atomic E-state index is 0.192. The van der Waals surface area contributed by atoms with Gasteiger partial charge in [-0.05, 0) is 36.8 Å². The molecule has 1 aliphatic heterocycles. The standard InChI is InChI=1S/C16H15N3O4/c1-10-3-2-4-14(18-10)19-16(21)15(20)17-8-11-5-6-12-13(7-11)23-9-22-12/h2-7H,8-9H2,1H3,(H,17,20)(H,18,19,21). The molecule has 3 rings (SSSR count). The summed E-state index contributed by atoms with van der Waals surface area (Å²) in [4.78, 5) is 27.8. The van der Waals surface area contributed by atoms with Crippen LogP contribution in [-0.4, -0.2) is 23.6 Å². The largest absolute Gasteiger partial charge is 0.454 e. The number of nitrogens with one attached hydrogen (secondary N) is 2. The molecule has 0 radical (unpaired) electrons. The van der Waals surface area contributed by atoms with Gasteiger partial charge in [0, 0.05) is 12.2 Å². The second kappa shape index (κ2) is 6.35. The fourth-order valence-corrected chi connectivity index (χ4v) is 2.10. The van der Waals surface area contributed by atoms with Gasteiger partial charge in [-0.1, -0.05) is 12.1 Å². The molecule has 2 N–H and O–H groups in total. The predicted molar refractivity (Wildman–Crippen MR) is 82.0 cm³/mol. The highest BCUT2D eigenvalue weighted by Crippen LogP contribution is 2.32. The second-order valence-corrected chi connectivity index (χ2v) is 4.99. The zero-order valence-corrected chi connectivity index (χ0v) is 12.5. The molecule has 1 aliphatic rings. The number of hydrogen-bond donors (Lipinski definition) is 2. The van der Waals surface area contributed by atoms with E-state index in [1.54, 1.807) is 43.3 Å². The molecule has 0 bridgehead atoms. The maximum Gasteiger partial charge on any atom is 0.314 e. The summed E-state index contributed by atoms with van der Waals surface area (Å²) in [6.45, 7) is 2.20. The van der Waals surface area contributed by atoms with Crippen molar-refractivity contribution < 1.29 is 19.1 Å². The number of carbonyl (C=O) groups excluding carboxylic acids is 2. The van der Waals surface area contributed by atoms with Crippen molar-refractivity contribution in [2.24, 2.45) is 0 Å². The number of anilines is 1. The van der Waals surface area contributed by atoms with Gasteiger partial charge in [0.15, 0.2) is 11.5 Å². The van der Waals surface area contributed by atoms with E-state index in [0.29, 0.717) is 17.3 Å². The zero-order chi connectivity index (χ0) is 16.2. The average Bonchev–Trinajstić information content (AvgIpc) is 3.00. The van der Waals surface area contributed by atoms with E-state index in [1.165, 1.54) is 0 Å². The SMILES string of the molecule is Cc1cccc(NC(=O)C(=O)NCc2ccc3c(c2)OCO3)n1. The average molecular weight is 313 g/mol. The van der Waals surface area contributed by atoms with Crippen molar-refractivity contribution in [1.82, 2.24) is 10.3 Å². The maximum absolute atomic E-state index is 11.8. The van der Waals surface area contributed by atoms with E-state index in [-0.39, 0.29) is 13.3 Å². The molecule has 23 heavy (non-hydrogen) atoms. The molecule has 7 heteroatoms. The van der Waals surface area contributed by atoms with E-state index in [9.17, 15) is 9.59 Å². The van der Waals surface area contributed by atoms with Crippen molar-refractivity contribution in [2.75, 3.05) is 12.1 Å². The van der Waals surface area contributed by atoms with Crippen molar-refractivity contribution in [3.8, 4) is 11.5 Å². The summed E-state index contributed by atoms with van der Waals surface area (Å²) in [5.74, 6) is 0.150. The third-order valence-electron chi connectivity index (χ3n) is 3.23. The van der Waals surface area contributed by atoms with E-state index in [2.05, 4.69) is 15.6 Å². The van der Waals surface area contributed by atoms with Crippen LogP contribution in [0.1, 0.15) is 11.3 Å². The summed E-state index contributed by atoms with van der Waals surface area (Å²) in [6, 6.07) is 10.5. The maximum atomic E-state index is 11.8. The minimum atomic E-state index is -0.760. The Balaban J connectivity index is 1.55. The molecule has 7 nitrogen and oxygen atoms in total. The molecule has 0 unspecified atom stereocenters. The van der Waals surface area contributed by atoms with E-state index >= 15 is 0 Å². The molecule has 0 atom stereocenters. The normalized spacial score (nSPS) is 11.9. The van der Waals surface area contributed by atoms with Crippen molar-refractivity contribution in [3.63, 3.8) is 0 Å². The molecule has 0 saturated carbocycles. The molecule has 0 aliphatic carbocycles. The molecule has 2 heterocycles. The summed E-state index contributed by atoms with van der Waals surface area (Å²) in [6.07, 6.45) is 0. The van der Waals surface area contributed by atoms with Gasteiger partial charge in [-0.2, -0.15) is 0 Å². The van der Waals surface area contributed by atoms with E-state index in [1.807, 2.05) is 0 Å². The van der Waals surface area contributed by atoms with Crippen LogP contribution in [0.2, 0.25) is 0 Å². The Morgan fingerprint density at radius 1 is 1.13 bits per heavy atom. The molecule has 0 fully saturated rings. The van der Waals surface area contributed by atoms with Gasteiger partial charge >= 0.3 is 11.8 Å². The molecule has 1 aromatic carbocycles. The van der Waals surface area contributed by atoms with Crippen LogP contribution >= 0.6 is 0 Å². The first kappa shape index (κ1) is 14.8. The first-order valence-corrected chi connectivity index (χ1v) is 7.03. The van der Waals surface area contributed by atoms with Gasteiger partial charge < -0.3 is 20.1 Å². The van der Waals surface area contributed by atoms with Crippen LogP contribution in [-0.2, 0) is 16.1 Å². The van der Waals surface area contributed by atoms with E-state index in [0.717, 1.165) is 11.3 Å². The highest BCUT2D eigenvalue weighted by molar-refractivity contribution is 6.39. The Bertz CT molecular complexity index is 761. The Morgan fingerprint density at radius 3 is 2.78 bits per heavy atom. The van der Waals surface area contributed by atoms with Gasteiger partial charge in [0.1, 0.15) is 5.82 Å². The smallest absolute Gasteiger partial charge is 0.314 e. The summed E-state index contributed by atoms with van der Waals surface area (Å²) in [7, 11) is 0. The number of pyridine rings is 1. The monoisotopic (exact) mass is 313 g/mol. The van der Waals surface area contributed by atoms with Crippen molar-refractivity contribution in [2.45, 2.75) is 13.5 Å². The van der Waals surface area contributed by atoms with Crippen LogP contribution in [0.3, 0.4) is 0 Å². The lowest BCUT2D eigenvalue weighted by Crippen LogP contribution is -2.35. The van der Waals surface area contributed by atoms with Crippen LogP contribution in [0.15, 0.2) is 36.4 Å². The Labute approximate surface area is 132 Å². The van der Waals surface area contributed by atoms with Gasteiger partial charge in [0.2, 0.25) is 6.79 Å². The lowest BCUT2D eigenvalue weighted by atomic mass is 10.2. The number of hydrogen-bond acceptors (Lipinski definition) is 5. The Kier molecular flexibility index (Phi) is 4.09. The van der Waals surface area contributed by atoms with Crippen LogP contribution in [0.25, 0.3) is 0 Å². The van der Waals surface area contributed by atoms with Crippen molar-refractivity contribution >= 4 is 17.6 Å². The fourth-order valence-electron chi connectivity index (χ4n) is 2.10. The van der Waals surface area contributed by atoms with Gasteiger partial charge in [0.05, 0.1) is 0 Å². The first-order chi connectivity index (χ1) is 11.1. The van der Waals surface area contributed by atoms with Crippen molar-refractivity contribution in [1.29, 1.82) is 0 Å². The van der Waals surface area contributed by atoms with Gasteiger partial charge in [-0.25, -0.2) is 4.98 Å². The number of benzene rings is 1. The van der Waals surface area contributed by atoms with Crippen LogP contribution in [0.5, 0.6) is 11.5 Å². The highest BCUT2D eigenvalue weighted by atomic mass is 16.7. The molecule has 2 amide bonds. The number of aryl methyl sites for hydroxylation is 1. The topological polar surface area (TPSA) is 89.6 Å². The quantitative estimate of drug-likeness (QED) is 0.836. The number of carbonyl (C=O) groups is 2. The minimum Gasteiger partial charge on any atom is -0.454 e. The summed E-state index contributed by atoms with van der Waals surface area (Å²) >= 11 is 0. The third-order valence-corrected chi connectivity index (χ3v) is 3.23. The summed E-state index contributed by atoms with van der Waals surface area (Å²) < 4.78 is 10.5. The predicted octanol–water partition coefficient (Wildman–Crippen LogP) is 1.37. The lowest BCUT2D eigenvalue weighted by Gasteiger charge is -2.07. The summed E-state index contributed by atoms with van der Waals surface area (Å²) in [5.41, 5.74) is 1.56. The second-order valence-electron chi connectivity index (χ2n) is 4.99. The Morgan fingerprint density at radius 2 is 1.96 bits per heavy atom. The zero-order valence-electron chi connectivity index (χ0n) is 12.5. The van der Waals surface area contributed by atoms with Crippen LogP contribution in [0.4, 0.5) is 5.82 Å². The number of aromatic nitrogens is 1. The van der Waals surface area contributed by atoms with Gasteiger partial charge in [-0.15, -0.1) is 0 Å².